The van der Waals surface area contributed by atoms with E-state index in [9.17, 15) is 5.11 Å². The fraction of sp³-hybridized carbons (Fsp3) is 0.846. The highest BCUT2D eigenvalue weighted by Crippen LogP contribution is 2.41. The zero-order chi connectivity index (χ0) is 13.1. The summed E-state index contributed by atoms with van der Waals surface area (Å²) in [6.45, 7) is 7.92. The molecule has 5 heteroatoms. The molecule has 1 aliphatic carbocycles. The molecule has 5 nitrogen and oxygen atoms in total. The first-order chi connectivity index (χ1) is 8.27. The molecular formula is C13H20O5. The second kappa shape index (κ2) is 3.77. The molecule has 2 saturated heterocycles. The number of rotatable bonds is 0. The molecule has 3 aliphatic rings. The van der Waals surface area contributed by atoms with Gasteiger partial charge in [-0.2, -0.15) is 0 Å². The lowest BCUT2D eigenvalue weighted by atomic mass is 9.89. The summed E-state index contributed by atoms with van der Waals surface area (Å²) in [6.07, 6.45) is 0.243. The van der Waals surface area contributed by atoms with Crippen LogP contribution in [-0.4, -0.2) is 47.7 Å². The SMILES string of the molecule is CC1(C)OCC2=CC(O)[C@@H]3OC(C)(C)O[C@H]3[C@@H]2O1. The summed E-state index contributed by atoms with van der Waals surface area (Å²) in [5, 5.41) is 10.1. The van der Waals surface area contributed by atoms with E-state index < -0.39 is 17.7 Å². The van der Waals surface area contributed by atoms with E-state index >= 15 is 0 Å². The van der Waals surface area contributed by atoms with E-state index in [-0.39, 0.29) is 18.3 Å². The van der Waals surface area contributed by atoms with Gasteiger partial charge in [-0.25, -0.2) is 0 Å². The van der Waals surface area contributed by atoms with Crippen molar-refractivity contribution in [2.45, 2.75) is 63.7 Å². The van der Waals surface area contributed by atoms with Gasteiger partial charge in [0.15, 0.2) is 11.6 Å². The Labute approximate surface area is 107 Å². The largest absolute Gasteiger partial charge is 0.386 e. The van der Waals surface area contributed by atoms with Crippen molar-refractivity contribution >= 4 is 0 Å². The van der Waals surface area contributed by atoms with E-state index in [1.165, 1.54) is 0 Å². The van der Waals surface area contributed by atoms with Gasteiger partial charge >= 0.3 is 0 Å². The van der Waals surface area contributed by atoms with Crippen LogP contribution in [0.4, 0.5) is 0 Å². The molecular weight excluding hydrogens is 236 g/mol. The van der Waals surface area contributed by atoms with E-state index in [2.05, 4.69) is 0 Å². The van der Waals surface area contributed by atoms with Crippen molar-refractivity contribution in [2.75, 3.05) is 6.61 Å². The third-order valence-electron chi connectivity index (χ3n) is 3.55. The smallest absolute Gasteiger partial charge is 0.164 e. The Morgan fingerprint density at radius 2 is 1.72 bits per heavy atom. The topological polar surface area (TPSA) is 57.2 Å². The lowest BCUT2D eigenvalue weighted by Crippen LogP contribution is -2.54. The maximum Gasteiger partial charge on any atom is 0.164 e. The molecule has 18 heavy (non-hydrogen) atoms. The molecule has 1 N–H and O–H groups in total. The Morgan fingerprint density at radius 3 is 2.44 bits per heavy atom. The van der Waals surface area contributed by atoms with E-state index in [4.69, 9.17) is 18.9 Å². The number of ether oxygens (including phenoxy) is 4. The quantitative estimate of drug-likeness (QED) is 0.654. The van der Waals surface area contributed by atoms with Gasteiger partial charge in [-0.3, -0.25) is 0 Å². The molecule has 0 aromatic heterocycles. The van der Waals surface area contributed by atoms with Gasteiger partial charge in [0.05, 0.1) is 6.61 Å². The molecule has 2 heterocycles. The van der Waals surface area contributed by atoms with Crippen molar-refractivity contribution < 1.29 is 24.1 Å². The summed E-state index contributed by atoms with van der Waals surface area (Å²) in [5.74, 6) is -1.32. The van der Waals surface area contributed by atoms with Crippen LogP contribution in [0.25, 0.3) is 0 Å². The highest BCUT2D eigenvalue weighted by molar-refractivity contribution is 5.24. The van der Waals surface area contributed by atoms with E-state index in [1.807, 2.05) is 27.7 Å². The molecule has 2 aliphatic heterocycles. The maximum atomic E-state index is 10.1. The van der Waals surface area contributed by atoms with Gasteiger partial charge in [0, 0.05) is 0 Å². The third kappa shape index (κ3) is 2.00. The molecule has 4 atom stereocenters. The number of hydrogen-bond donors (Lipinski definition) is 1. The van der Waals surface area contributed by atoms with Crippen molar-refractivity contribution in [3.05, 3.63) is 11.6 Å². The van der Waals surface area contributed by atoms with Crippen LogP contribution in [0.3, 0.4) is 0 Å². The predicted octanol–water partition coefficient (Wildman–Crippen LogP) is 0.959. The van der Waals surface area contributed by atoms with Gasteiger partial charge in [-0.15, -0.1) is 0 Å². The summed E-state index contributed by atoms with van der Waals surface area (Å²) in [5.41, 5.74) is 0.935. The number of aliphatic hydroxyl groups is 1. The number of hydrogen-bond acceptors (Lipinski definition) is 5. The van der Waals surface area contributed by atoms with Gasteiger partial charge in [0.25, 0.3) is 0 Å². The molecule has 1 unspecified atom stereocenters. The van der Waals surface area contributed by atoms with Crippen LogP contribution in [-0.2, 0) is 18.9 Å². The lowest BCUT2D eigenvalue weighted by molar-refractivity contribution is -0.274. The Kier molecular flexibility index (Phi) is 2.63. The maximum absolute atomic E-state index is 10.1. The molecule has 0 saturated carbocycles. The summed E-state index contributed by atoms with van der Waals surface area (Å²) in [4.78, 5) is 0. The first kappa shape index (κ1) is 12.6. The van der Waals surface area contributed by atoms with E-state index in [1.54, 1.807) is 6.08 Å². The standard InChI is InChI=1S/C13H20O5/c1-12(2)15-6-7-5-8(14)10-11(9(7)16-12)18-13(3,4)17-10/h5,8-11,14H,6H2,1-4H3/t8?,9-,10+,11+/m1/s1. The normalized spacial score (nSPS) is 45.1. The van der Waals surface area contributed by atoms with Crippen LogP contribution < -0.4 is 0 Å². The average Bonchev–Trinajstić information content (AvgIpc) is 2.56. The van der Waals surface area contributed by atoms with E-state index in [0.29, 0.717) is 6.61 Å². The second-order valence-corrected chi connectivity index (χ2v) is 6.02. The van der Waals surface area contributed by atoms with Gasteiger partial charge in [-0.05, 0) is 39.3 Å². The Morgan fingerprint density at radius 1 is 1.06 bits per heavy atom. The summed E-state index contributed by atoms with van der Waals surface area (Å²) in [6, 6.07) is 0. The van der Waals surface area contributed by atoms with Crippen molar-refractivity contribution in [3.8, 4) is 0 Å². The molecule has 0 radical (unpaired) electrons. The van der Waals surface area contributed by atoms with Gasteiger partial charge < -0.3 is 24.1 Å². The lowest BCUT2D eigenvalue weighted by Gasteiger charge is -2.43. The van der Waals surface area contributed by atoms with E-state index in [0.717, 1.165) is 5.57 Å². The van der Waals surface area contributed by atoms with Crippen LogP contribution in [0.2, 0.25) is 0 Å². The Bertz CT molecular complexity index is 387. The van der Waals surface area contributed by atoms with Crippen molar-refractivity contribution in [1.29, 1.82) is 0 Å². The Balaban J connectivity index is 1.91. The van der Waals surface area contributed by atoms with Gasteiger partial charge in [0.1, 0.15) is 24.4 Å². The van der Waals surface area contributed by atoms with Crippen molar-refractivity contribution in [2.24, 2.45) is 0 Å². The highest BCUT2D eigenvalue weighted by atomic mass is 16.8. The monoisotopic (exact) mass is 256 g/mol. The number of aliphatic hydroxyl groups excluding tert-OH is 1. The molecule has 102 valence electrons. The molecule has 0 bridgehead atoms. The fourth-order valence-electron chi connectivity index (χ4n) is 2.81. The van der Waals surface area contributed by atoms with Crippen LogP contribution in [0, 0.1) is 0 Å². The first-order valence-corrected chi connectivity index (χ1v) is 6.33. The van der Waals surface area contributed by atoms with Crippen LogP contribution in [0.15, 0.2) is 11.6 Å². The molecule has 0 aromatic carbocycles. The van der Waals surface area contributed by atoms with Crippen molar-refractivity contribution in [1.82, 2.24) is 0 Å². The molecule has 0 aromatic rings. The minimum atomic E-state index is -0.689. The molecule has 3 rings (SSSR count). The summed E-state index contributed by atoms with van der Waals surface area (Å²) < 4.78 is 23.1. The molecule has 0 spiro atoms. The van der Waals surface area contributed by atoms with Crippen molar-refractivity contribution in [3.63, 3.8) is 0 Å². The zero-order valence-electron chi connectivity index (χ0n) is 11.2. The van der Waals surface area contributed by atoms with Crippen LogP contribution >= 0.6 is 0 Å². The molecule has 2 fully saturated rings. The minimum Gasteiger partial charge on any atom is -0.386 e. The van der Waals surface area contributed by atoms with Crippen LogP contribution in [0.5, 0.6) is 0 Å². The molecule has 0 amide bonds. The average molecular weight is 256 g/mol. The fourth-order valence-corrected chi connectivity index (χ4v) is 2.81. The third-order valence-corrected chi connectivity index (χ3v) is 3.55. The zero-order valence-corrected chi connectivity index (χ0v) is 11.2. The predicted molar refractivity (Wildman–Crippen MR) is 62.8 cm³/mol. The van der Waals surface area contributed by atoms with Gasteiger partial charge in [0.2, 0.25) is 0 Å². The highest BCUT2D eigenvalue weighted by Gasteiger charge is 2.54. The summed E-state index contributed by atoms with van der Waals surface area (Å²) >= 11 is 0. The van der Waals surface area contributed by atoms with Gasteiger partial charge in [-0.1, -0.05) is 0 Å². The number of fused-ring (bicyclic) bond motifs is 3. The first-order valence-electron chi connectivity index (χ1n) is 6.33. The van der Waals surface area contributed by atoms with Crippen LogP contribution in [0.1, 0.15) is 27.7 Å². The Hall–Kier alpha value is -0.460. The minimum absolute atomic E-state index is 0.205. The second-order valence-electron chi connectivity index (χ2n) is 6.02. The summed E-state index contributed by atoms with van der Waals surface area (Å²) in [7, 11) is 0.